The Morgan fingerprint density at radius 1 is 0.882 bits per heavy atom. The van der Waals surface area contributed by atoms with E-state index in [9.17, 15) is 10.0 Å². The van der Waals surface area contributed by atoms with Crippen molar-refractivity contribution in [3.05, 3.63) is 90.0 Å². The fourth-order valence-electron chi connectivity index (χ4n) is 3.71. The van der Waals surface area contributed by atoms with E-state index in [4.69, 9.17) is 14.6 Å². The van der Waals surface area contributed by atoms with Crippen molar-refractivity contribution in [2.75, 3.05) is 13.7 Å². The predicted molar refractivity (Wildman–Crippen MR) is 133 cm³/mol. The molecule has 3 aromatic carbocycles. The lowest BCUT2D eigenvalue weighted by molar-refractivity contribution is -0.148. The van der Waals surface area contributed by atoms with Crippen molar-refractivity contribution in [1.82, 2.24) is 0 Å². The second-order valence-corrected chi connectivity index (χ2v) is 8.06. The number of benzene rings is 3. The molecule has 3 rings (SSSR count). The van der Waals surface area contributed by atoms with Gasteiger partial charge in [0, 0.05) is 13.5 Å². The van der Waals surface area contributed by atoms with Gasteiger partial charge in [0.25, 0.3) is 0 Å². The molecule has 34 heavy (non-hydrogen) atoms. The van der Waals surface area contributed by atoms with E-state index < -0.39 is 12.1 Å². The molecule has 0 aliphatic carbocycles. The summed E-state index contributed by atoms with van der Waals surface area (Å²) in [5.74, 6) is -0.131. The maximum Gasteiger partial charge on any atom is 0.333 e. The Bertz CT molecular complexity index is 1050. The van der Waals surface area contributed by atoms with Gasteiger partial charge in [-0.2, -0.15) is 0 Å². The van der Waals surface area contributed by atoms with Crippen LogP contribution in [0, 0.1) is 0 Å². The summed E-state index contributed by atoms with van der Waals surface area (Å²) in [6, 6.07) is 25.7. The molecule has 0 saturated carbocycles. The number of unbranched alkanes of at least 4 members (excludes halogenated alkanes) is 2. The zero-order valence-electron chi connectivity index (χ0n) is 19.4. The van der Waals surface area contributed by atoms with Gasteiger partial charge in [0.2, 0.25) is 0 Å². The molecule has 0 amide bonds. The highest BCUT2D eigenvalue weighted by Gasteiger charge is 2.17. The number of oxime groups is 1. The first-order valence-corrected chi connectivity index (χ1v) is 11.4. The Morgan fingerprint density at radius 3 is 2.18 bits per heavy atom. The third-order valence-corrected chi connectivity index (χ3v) is 5.68. The lowest BCUT2D eigenvalue weighted by Crippen LogP contribution is -2.24. The minimum absolute atomic E-state index is 0.284. The van der Waals surface area contributed by atoms with Crippen molar-refractivity contribution in [2.24, 2.45) is 5.16 Å². The molecule has 0 fully saturated rings. The maximum atomic E-state index is 11.1. The number of carbonyl (C=O) groups is 1. The molecule has 3 aromatic rings. The number of ether oxygens (including phenoxy) is 2. The minimum atomic E-state index is -0.989. The van der Waals surface area contributed by atoms with Gasteiger partial charge in [-0.15, -0.1) is 0 Å². The molecular formula is C28H31NO5. The molecule has 0 unspecified atom stereocenters. The number of hydrogen-bond acceptors (Lipinski definition) is 5. The van der Waals surface area contributed by atoms with Crippen molar-refractivity contribution < 1.29 is 24.6 Å². The van der Waals surface area contributed by atoms with Gasteiger partial charge in [0.1, 0.15) is 5.75 Å². The molecule has 0 saturated heterocycles. The Morgan fingerprint density at radius 2 is 1.56 bits per heavy atom. The van der Waals surface area contributed by atoms with Crippen LogP contribution in [0.4, 0.5) is 0 Å². The largest absolute Gasteiger partial charge is 0.494 e. The molecule has 0 spiro atoms. The summed E-state index contributed by atoms with van der Waals surface area (Å²) in [6.07, 6.45) is 2.80. The second-order valence-electron chi connectivity index (χ2n) is 8.06. The fraction of sp³-hybridized carbons (Fsp3) is 0.286. The van der Waals surface area contributed by atoms with Crippen LogP contribution in [0.2, 0.25) is 0 Å². The lowest BCUT2D eigenvalue weighted by atomic mass is 10.0. The van der Waals surface area contributed by atoms with Crippen LogP contribution in [0.5, 0.6) is 5.75 Å². The first-order valence-electron chi connectivity index (χ1n) is 11.4. The number of methoxy groups -OCH3 is 1. The standard InChI is InChI=1S/C28H31NO5/c1-33-27(28(30)31)20-21-11-13-24(14-12-21)26(29-32)10-6-3-7-19-34-25-17-15-23(16-18-25)22-8-4-2-5-9-22/h2,4-5,8-9,11-18,27,32H,3,6-7,10,19-20H2,1H3,(H,30,31)/t27-/m0/s1. The molecule has 2 N–H and O–H groups in total. The summed E-state index contributed by atoms with van der Waals surface area (Å²) < 4.78 is 10.8. The van der Waals surface area contributed by atoms with E-state index in [0.29, 0.717) is 18.7 Å². The van der Waals surface area contributed by atoms with E-state index in [-0.39, 0.29) is 6.42 Å². The quantitative estimate of drug-likeness (QED) is 0.145. The minimum Gasteiger partial charge on any atom is -0.494 e. The van der Waals surface area contributed by atoms with E-state index in [1.165, 1.54) is 12.7 Å². The van der Waals surface area contributed by atoms with Crippen LogP contribution in [-0.2, 0) is 16.0 Å². The van der Waals surface area contributed by atoms with Gasteiger partial charge in [-0.05, 0) is 60.1 Å². The number of rotatable bonds is 13. The smallest absolute Gasteiger partial charge is 0.333 e. The van der Waals surface area contributed by atoms with Gasteiger partial charge < -0.3 is 19.8 Å². The molecule has 0 aliphatic heterocycles. The van der Waals surface area contributed by atoms with Crippen LogP contribution in [0.1, 0.15) is 36.8 Å². The van der Waals surface area contributed by atoms with E-state index in [0.717, 1.165) is 41.7 Å². The van der Waals surface area contributed by atoms with Gasteiger partial charge in [-0.25, -0.2) is 4.79 Å². The highest BCUT2D eigenvalue weighted by molar-refractivity contribution is 6.00. The van der Waals surface area contributed by atoms with E-state index in [1.807, 2.05) is 54.6 Å². The molecular weight excluding hydrogens is 430 g/mol. The molecule has 1 atom stereocenters. The third-order valence-electron chi connectivity index (χ3n) is 5.68. The first kappa shape index (κ1) is 25.0. The van der Waals surface area contributed by atoms with Gasteiger partial charge in [-0.3, -0.25) is 0 Å². The Hall–Kier alpha value is -3.64. The molecule has 0 aromatic heterocycles. The SMILES string of the molecule is CO[C@@H](Cc1ccc(C(CCCCCOc2ccc(-c3ccccc3)cc2)=NO)cc1)C(=O)O. The number of carboxylic acids is 1. The number of aliphatic carboxylic acids is 1. The van der Waals surface area contributed by atoms with Gasteiger partial charge in [0.05, 0.1) is 12.3 Å². The summed E-state index contributed by atoms with van der Waals surface area (Å²) in [4.78, 5) is 11.1. The monoisotopic (exact) mass is 461 g/mol. The molecule has 0 radical (unpaired) electrons. The number of nitrogens with zero attached hydrogens (tertiary/aromatic N) is 1. The highest BCUT2D eigenvalue weighted by Crippen LogP contribution is 2.22. The molecule has 6 heteroatoms. The molecule has 178 valence electrons. The van der Waals surface area contributed by atoms with E-state index in [1.54, 1.807) is 0 Å². The number of carboxylic acid groups (broad SMARTS) is 1. The van der Waals surface area contributed by atoms with Gasteiger partial charge >= 0.3 is 5.97 Å². The van der Waals surface area contributed by atoms with Crippen LogP contribution in [0.25, 0.3) is 11.1 Å². The topological polar surface area (TPSA) is 88.4 Å². The Kier molecular flexibility index (Phi) is 9.67. The molecule has 0 heterocycles. The van der Waals surface area contributed by atoms with Crippen LogP contribution in [0.3, 0.4) is 0 Å². The zero-order chi connectivity index (χ0) is 24.2. The molecule has 0 aliphatic rings. The highest BCUT2D eigenvalue weighted by atomic mass is 16.5. The van der Waals surface area contributed by atoms with Gasteiger partial charge in [-0.1, -0.05) is 71.9 Å². The first-order chi connectivity index (χ1) is 16.6. The second kappa shape index (κ2) is 13.2. The third kappa shape index (κ3) is 7.46. The molecule has 6 nitrogen and oxygen atoms in total. The van der Waals surface area contributed by atoms with Crippen molar-refractivity contribution >= 4 is 11.7 Å². The Balaban J connectivity index is 1.38. The summed E-state index contributed by atoms with van der Waals surface area (Å²) in [5, 5.41) is 22.0. The summed E-state index contributed by atoms with van der Waals surface area (Å²) in [5.41, 5.74) is 4.64. The van der Waals surface area contributed by atoms with Crippen molar-refractivity contribution in [2.45, 2.75) is 38.2 Å². The number of hydrogen-bond donors (Lipinski definition) is 2. The summed E-state index contributed by atoms with van der Waals surface area (Å²) in [6.45, 7) is 0.634. The average Bonchev–Trinajstić information content (AvgIpc) is 2.88. The maximum absolute atomic E-state index is 11.1. The van der Waals surface area contributed by atoms with Crippen LogP contribution in [-0.4, -0.2) is 41.8 Å². The summed E-state index contributed by atoms with van der Waals surface area (Å²) in [7, 11) is 1.39. The average molecular weight is 462 g/mol. The van der Waals surface area contributed by atoms with E-state index in [2.05, 4.69) is 29.4 Å². The van der Waals surface area contributed by atoms with Crippen molar-refractivity contribution in [3.63, 3.8) is 0 Å². The van der Waals surface area contributed by atoms with E-state index >= 15 is 0 Å². The zero-order valence-corrected chi connectivity index (χ0v) is 19.4. The van der Waals surface area contributed by atoms with Crippen LogP contribution >= 0.6 is 0 Å². The predicted octanol–water partition coefficient (Wildman–Crippen LogP) is 5.81. The van der Waals surface area contributed by atoms with Crippen LogP contribution < -0.4 is 4.74 Å². The van der Waals surface area contributed by atoms with Crippen molar-refractivity contribution in [1.29, 1.82) is 0 Å². The normalized spacial score (nSPS) is 12.3. The fourth-order valence-corrected chi connectivity index (χ4v) is 3.71. The van der Waals surface area contributed by atoms with Crippen LogP contribution in [0.15, 0.2) is 84.0 Å². The summed E-state index contributed by atoms with van der Waals surface area (Å²) >= 11 is 0. The van der Waals surface area contributed by atoms with Gasteiger partial charge in [0.15, 0.2) is 6.10 Å². The van der Waals surface area contributed by atoms with Crippen molar-refractivity contribution in [3.8, 4) is 16.9 Å². The molecule has 0 bridgehead atoms. The Labute approximate surface area is 200 Å². The lowest BCUT2D eigenvalue weighted by Gasteiger charge is -2.11.